The summed E-state index contributed by atoms with van der Waals surface area (Å²) >= 11 is 0. The predicted octanol–water partition coefficient (Wildman–Crippen LogP) is -0.0742. The summed E-state index contributed by atoms with van der Waals surface area (Å²) in [6, 6.07) is 0. The molecule has 4 N–H and O–H groups in total. The summed E-state index contributed by atoms with van der Waals surface area (Å²) in [6.07, 6.45) is 2.42. The molecule has 0 aromatic heterocycles. The molecule has 0 aliphatic heterocycles. The summed E-state index contributed by atoms with van der Waals surface area (Å²) in [6.45, 7) is 4.38. The first-order chi connectivity index (χ1) is 7.20. The van der Waals surface area contributed by atoms with Gasteiger partial charge in [0.25, 0.3) is 0 Å². The summed E-state index contributed by atoms with van der Waals surface area (Å²) in [4.78, 5) is 0. The number of oxime groups is 1. The van der Waals surface area contributed by atoms with Crippen molar-refractivity contribution in [1.29, 1.82) is 0 Å². The number of hydrogen-bond acceptors (Lipinski definition) is 5. The highest BCUT2D eigenvalue weighted by molar-refractivity contribution is 7.92. The molecule has 0 atom stereocenters. The molecule has 7 heteroatoms. The van der Waals surface area contributed by atoms with Gasteiger partial charge in [0.2, 0.25) is 0 Å². The van der Waals surface area contributed by atoms with Gasteiger partial charge in [0.05, 0.1) is 4.75 Å². The SMILES string of the molecule is CC(C)(CNCCCC(N)=NO)S(C)(=O)=O. The minimum atomic E-state index is -3.06. The molecule has 0 unspecified atom stereocenters. The Morgan fingerprint density at radius 2 is 2.06 bits per heavy atom. The van der Waals surface area contributed by atoms with E-state index in [2.05, 4.69) is 10.5 Å². The maximum atomic E-state index is 11.4. The van der Waals surface area contributed by atoms with E-state index in [4.69, 9.17) is 10.9 Å². The fourth-order valence-corrected chi connectivity index (χ4v) is 1.33. The van der Waals surface area contributed by atoms with Gasteiger partial charge in [0.15, 0.2) is 9.84 Å². The third-order valence-electron chi connectivity index (χ3n) is 2.47. The van der Waals surface area contributed by atoms with Crippen LogP contribution in [0.15, 0.2) is 5.16 Å². The molecule has 6 nitrogen and oxygen atoms in total. The molecule has 0 radical (unpaired) electrons. The van der Waals surface area contributed by atoms with Crippen LogP contribution in [0.3, 0.4) is 0 Å². The van der Waals surface area contributed by atoms with E-state index in [-0.39, 0.29) is 5.84 Å². The van der Waals surface area contributed by atoms with Crippen LogP contribution in [0.25, 0.3) is 0 Å². The molecular weight excluding hydrogens is 230 g/mol. The Morgan fingerprint density at radius 1 is 1.50 bits per heavy atom. The highest BCUT2D eigenvalue weighted by Gasteiger charge is 2.29. The first-order valence-corrected chi connectivity index (χ1v) is 6.96. The van der Waals surface area contributed by atoms with Crippen LogP contribution in [0.4, 0.5) is 0 Å². The predicted molar refractivity (Wildman–Crippen MR) is 64.4 cm³/mol. The molecule has 0 heterocycles. The molecule has 0 saturated carbocycles. The van der Waals surface area contributed by atoms with E-state index >= 15 is 0 Å². The molecule has 0 aliphatic rings. The molecule has 0 amide bonds. The average molecular weight is 251 g/mol. The number of nitrogens with zero attached hydrogens (tertiary/aromatic N) is 1. The van der Waals surface area contributed by atoms with Gasteiger partial charge in [-0.25, -0.2) is 8.42 Å². The average Bonchev–Trinajstić information content (AvgIpc) is 2.15. The van der Waals surface area contributed by atoms with Crippen molar-refractivity contribution in [3.05, 3.63) is 0 Å². The lowest BCUT2D eigenvalue weighted by atomic mass is 10.2. The van der Waals surface area contributed by atoms with Gasteiger partial charge in [-0.2, -0.15) is 0 Å². The molecule has 16 heavy (non-hydrogen) atoms. The van der Waals surface area contributed by atoms with Crippen molar-refractivity contribution in [3.63, 3.8) is 0 Å². The van der Waals surface area contributed by atoms with Gasteiger partial charge in [-0.15, -0.1) is 0 Å². The molecule has 0 aliphatic carbocycles. The van der Waals surface area contributed by atoms with Gasteiger partial charge < -0.3 is 16.3 Å². The van der Waals surface area contributed by atoms with Crippen LogP contribution in [-0.4, -0.2) is 43.6 Å². The van der Waals surface area contributed by atoms with Crippen LogP contribution >= 0.6 is 0 Å². The van der Waals surface area contributed by atoms with Crippen LogP contribution in [0.5, 0.6) is 0 Å². The monoisotopic (exact) mass is 251 g/mol. The van der Waals surface area contributed by atoms with Crippen molar-refractivity contribution in [2.24, 2.45) is 10.9 Å². The quantitative estimate of drug-likeness (QED) is 0.193. The molecule has 0 spiro atoms. The zero-order valence-corrected chi connectivity index (χ0v) is 10.8. The Labute approximate surface area is 96.8 Å². The summed E-state index contributed by atoms with van der Waals surface area (Å²) in [7, 11) is -3.06. The van der Waals surface area contributed by atoms with Crippen LogP contribution in [0.1, 0.15) is 26.7 Å². The van der Waals surface area contributed by atoms with Crippen LogP contribution in [0.2, 0.25) is 0 Å². The lowest BCUT2D eigenvalue weighted by molar-refractivity contribution is 0.316. The van der Waals surface area contributed by atoms with E-state index in [9.17, 15) is 8.42 Å². The number of nitrogens with one attached hydrogen (secondary N) is 1. The second-order valence-electron chi connectivity index (χ2n) is 4.40. The molecule has 0 aromatic carbocycles. The van der Waals surface area contributed by atoms with E-state index in [1.807, 2.05) is 0 Å². The van der Waals surface area contributed by atoms with Crippen molar-refractivity contribution in [3.8, 4) is 0 Å². The maximum absolute atomic E-state index is 11.4. The summed E-state index contributed by atoms with van der Waals surface area (Å²) in [5.74, 6) is 0.184. The highest BCUT2D eigenvalue weighted by Crippen LogP contribution is 2.13. The molecule has 0 bridgehead atoms. The second-order valence-corrected chi connectivity index (χ2v) is 7.05. The second kappa shape index (κ2) is 6.05. The van der Waals surface area contributed by atoms with Gasteiger partial charge in [0.1, 0.15) is 5.84 Å². The highest BCUT2D eigenvalue weighted by atomic mass is 32.2. The fraction of sp³-hybridized carbons (Fsp3) is 0.889. The van der Waals surface area contributed by atoms with E-state index in [0.29, 0.717) is 25.9 Å². The van der Waals surface area contributed by atoms with Crippen LogP contribution < -0.4 is 11.1 Å². The van der Waals surface area contributed by atoms with Crippen LogP contribution in [0, 0.1) is 0 Å². The van der Waals surface area contributed by atoms with Crippen molar-refractivity contribution in [1.82, 2.24) is 5.32 Å². The van der Waals surface area contributed by atoms with Gasteiger partial charge in [-0.05, 0) is 26.8 Å². The maximum Gasteiger partial charge on any atom is 0.153 e. The zero-order valence-electron chi connectivity index (χ0n) is 10.0. The molecule has 0 aromatic rings. The van der Waals surface area contributed by atoms with Crippen LogP contribution in [-0.2, 0) is 9.84 Å². The van der Waals surface area contributed by atoms with Crippen molar-refractivity contribution in [2.45, 2.75) is 31.4 Å². The zero-order chi connectivity index (χ0) is 12.8. The molecule has 0 rings (SSSR count). The third kappa shape index (κ3) is 5.32. The number of hydrogen-bond donors (Lipinski definition) is 3. The first-order valence-electron chi connectivity index (χ1n) is 5.07. The summed E-state index contributed by atoms with van der Waals surface area (Å²) < 4.78 is 21.9. The number of sulfone groups is 1. The Hall–Kier alpha value is -0.820. The topological polar surface area (TPSA) is 105 Å². The minimum Gasteiger partial charge on any atom is -0.409 e. The lowest BCUT2D eigenvalue weighted by Crippen LogP contribution is -2.42. The molecule has 96 valence electrons. The number of amidine groups is 1. The largest absolute Gasteiger partial charge is 0.409 e. The van der Waals surface area contributed by atoms with Gasteiger partial charge in [0, 0.05) is 19.2 Å². The lowest BCUT2D eigenvalue weighted by Gasteiger charge is -2.22. The fourth-order valence-electron chi connectivity index (χ4n) is 0.965. The van der Waals surface area contributed by atoms with Crippen molar-refractivity contribution < 1.29 is 13.6 Å². The Balaban J connectivity index is 3.84. The molecule has 0 saturated heterocycles. The van der Waals surface area contributed by atoms with Gasteiger partial charge in [-0.1, -0.05) is 5.16 Å². The minimum absolute atomic E-state index is 0.184. The van der Waals surface area contributed by atoms with E-state index in [0.717, 1.165) is 0 Å². The Kier molecular flexibility index (Phi) is 5.74. The molecular formula is C9H21N3O3S. The molecule has 0 fully saturated rings. The number of nitrogens with two attached hydrogens (primary N) is 1. The van der Waals surface area contributed by atoms with Gasteiger partial charge in [-0.3, -0.25) is 0 Å². The van der Waals surface area contributed by atoms with Gasteiger partial charge >= 0.3 is 0 Å². The van der Waals surface area contributed by atoms with E-state index < -0.39 is 14.6 Å². The standard InChI is InChI=1S/C9H21N3O3S/c1-9(2,16(3,14)15)7-11-6-4-5-8(10)12-13/h11,13H,4-7H2,1-3H3,(H2,10,12). The summed E-state index contributed by atoms with van der Waals surface area (Å²) in [5, 5.41) is 14.2. The summed E-state index contributed by atoms with van der Waals surface area (Å²) in [5.41, 5.74) is 5.29. The Morgan fingerprint density at radius 3 is 2.50 bits per heavy atom. The third-order valence-corrected chi connectivity index (χ3v) is 4.62. The normalized spacial score (nSPS) is 14.1. The Bertz CT molecular complexity index is 336. The van der Waals surface area contributed by atoms with E-state index in [1.165, 1.54) is 6.26 Å². The van der Waals surface area contributed by atoms with E-state index in [1.54, 1.807) is 13.8 Å². The van der Waals surface area contributed by atoms with Crippen molar-refractivity contribution >= 4 is 15.7 Å². The van der Waals surface area contributed by atoms with Crippen molar-refractivity contribution in [2.75, 3.05) is 19.3 Å². The smallest absolute Gasteiger partial charge is 0.153 e. The first kappa shape index (κ1) is 15.2. The number of rotatable bonds is 7.